The summed E-state index contributed by atoms with van der Waals surface area (Å²) in [5, 5.41) is 5.48. The van der Waals surface area contributed by atoms with Crippen molar-refractivity contribution in [3.63, 3.8) is 0 Å². The molecule has 108 valence electrons. The molecule has 1 aromatic heterocycles. The molecule has 0 spiro atoms. The number of hydrogen-bond acceptors (Lipinski definition) is 5. The summed E-state index contributed by atoms with van der Waals surface area (Å²) in [4.78, 5) is 0.342. The van der Waals surface area contributed by atoms with Gasteiger partial charge >= 0.3 is 0 Å². The van der Waals surface area contributed by atoms with Crippen molar-refractivity contribution in [2.75, 3.05) is 11.6 Å². The molecule has 1 heterocycles. The fourth-order valence-corrected chi connectivity index (χ4v) is 3.44. The van der Waals surface area contributed by atoms with Gasteiger partial charge in [-0.05, 0) is 41.4 Å². The van der Waals surface area contributed by atoms with Crippen LogP contribution in [-0.2, 0) is 16.4 Å². The monoisotopic (exact) mass is 318 g/mol. The first-order chi connectivity index (χ1) is 10.0. The molecule has 0 aliphatic carbocycles. The Morgan fingerprint density at radius 2 is 1.81 bits per heavy atom. The van der Waals surface area contributed by atoms with Gasteiger partial charge in [0.25, 0.3) is 0 Å². The maximum Gasteiger partial charge on any atom is 0.175 e. The molecular formula is C15H14N2O2S2. The lowest BCUT2D eigenvalue weighted by molar-refractivity contribution is 0.602. The van der Waals surface area contributed by atoms with E-state index in [1.54, 1.807) is 12.1 Å². The van der Waals surface area contributed by atoms with E-state index >= 15 is 0 Å². The maximum absolute atomic E-state index is 11.4. The average molecular weight is 318 g/mol. The molecule has 0 saturated carbocycles. The first-order valence-electron chi connectivity index (χ1n) is 6.41. The van der Waals surface area contributed by atoms with Gasteiger partial charge < -0.3 is 5.32 Å². The summed E-state index contributed by atoms with van der Waals surface area (Å²) in [5.41, 5.74) is 2.01. The molecule has 0 amide bonds. The maximum atomic E-state index is 11.4. The van der Waals surface area contributed by atoms with E-state index in [-0.39, 0.29) is 0 Å². The van der Waals surface area contributed by atoms with Crippen LogP contribution in [0.1, 0.15) is 5.56 Å². The van der Waals surface area contributed by atoms with Crippen molar-refractivity contribution >= 4 is 37.3 Å². The van der Waals surface area contributed by atoms with Gasteiger partial charge in [-0.2, -0.15) is 4.37 Å². The van der Waals surface area contributed by atoms with Crippen LogP contribution in [0, 0.1) is 0 Å². The second-order valence-electron chi connectivity index (χ2n) is 4.80. The molecule has 2 aromatic carbocycles. The lowest BCUT2D eigenvalue weighted by Gasteiger charge is -2.05. The normalized spacial score (nSPS) is 11.7. The fourth-order valence-electron chi connectivity index (χ4n) is 2.05. The fraction of sp³-hybridized carbons (Fsp3) is 0.133. The Morgan fingerprint density at radius 1 is 1.10 bits per heavy atom. The predicted molar refractivity (Wildman–Crippen MR) is 86.5 cm³/mol. The highest BCUT2D eigenvalue weighted by atomic mass is 32.2. The van der Waals surface area contributed by atoms with Gasteiger partial charge in [-0.25, -0.2) is 8.42 Å². The van der Waals surface area contributed by atoms with Crippen LogP contribution in [0.5, 0.6) is 0 Å². The van der Waals surface area contributed by atoms with E-state index in [1.165, 1.54) is 17.8 Å². The van der Waals surface area contributed by atoms with Crippen molar-refractivity contribution in [3.8, 4) is 0 Å². The van der Waals surface area contributed by atoms with Gasteiger partial charge in [0.15, 0.2) is 9.84 Å². The Morgan fingerprint density at radius 3 is 2.52 bits per heavy atom. The van der Waals surface area contributed by atoms with Crippen molar-refractivity contribution in [1.29, 1.82) is 0 Å². The first-order valence-corrected chi connectivity index (χ1v) is 9.08. The van der Waals surface area contributed by atoms with Crippen molar-refractivity contribution < 1.29 is 8.42 Å². The average Bonchev–Trinajstić information content (AvgIpc) is 2.88. The number of nitrogens with zero attached hydrogens (tertiary/aromatic N) is 1. The molecule has 21 heavy (non-hydrogen) atoms. The number of sulfone groups is 1. The number of benzene rings is 2. The molecule has 3 rings (SSSR count). The lowest BCUT2D eigenvalue weighted by Crippen LogP contribution is -2.00. The minimum atomic E-state index is -3.13. The van der Waals surface area contributed by atoms with E-state index in [0.717, 1.165) is 21.5 Å². The molecule has 0 bridgehead atoms. The van der Waals surface area contributed by atoms with Crippen molar-refractivity contribution in [2.45, 2.75) is 11.4 Å². The van der Waals surface area contributed by atoms with E-state index in [2.05, 4.69) is 9.69 Å². The van der Waals surface area contributed by atoms with Crippen molar-refractivity contribution in [1.82, 2.24) is 4.37 Å². The van der Waals surface area contributed by atoms with Crippen LogP contribution in [0.15, 0.2) is 53.4 Å². The van der Waals surface area contributed by atoms with Crippen LogP contribution in [0.3, 0.4) is 0 Å². The van der Waals surface area contributed by atoms with Gasteiger partial charge in [-0.3, -0.25) is 0 Å². The van der Waals surface area contributed by atoms with Crippen LogP contribution >= 0.6 is 11.5 Å². The molecule has 0 unspecified atom stereocenters. The molecule has 0 radical (unpaired) electrons. The zero-order chi connectivity index (χ0) is 14.9. The zero-order valence-corrected chi connectivity index (χ0v) is 13.0. The van der Waals surface area contributed by atoms with Gasteiger partial charge in [-0.15, -0.1) is 0 Å². The van der Waals surface area contributed by atoms with Crippen LogP contribution < -0.4 is 5.32 Å². The molecule has 0 saturated heterocycles. The van der Waals surface area contributed by atoms with E-state index in [1.807, 2.05) is 36.4 Å². The second-order valence-corrected chi connectivity index (χ2v) is 7.59. The largest absolute Gasteiger partial charge is 0.371 e. The van der Waals surface area contributed by atoms with Crippen molar-refractivity contribution in [2.24, 2.45) is 0 Å². The van der Waals surface area contributed by atoms with Crippen LogP contribution in [-0.4, -0.2) is 19.0 Å². The molecule has 0 atom stereocenters. The molecule has 1 N–H and O–H groups in total. The minimum Gasteiger partial charge on any atom is -0.371 e. The quantitative estimate of drug-likeness (QED) is 0.802. The summed E-state index contributed by atoms with van der Waals surface area (Å²) >= 11 is 1.43. The highest BCUT2D eigenvalue weighted by molar-refractivity contribution is 7.90. The molecule has 4 nitrogen and oxygen atoms in total. The highest BCUT2D eigenvalue weighted by Crippen LogP contribution is 2.27. The van der Waals surface area contributed by atoms with Gasteiger partial charge in [0.2, 0.25) is 0 Å². The summed E-state index contributed by atoms with van der Waals surface area (Å²) in [6, 6.07) is 14.9. The second kappa shape index (κ2) is 5.46. The summed E-state index contributed by atoms with van der Waals surface area (Å²) in [6.45, 7) is 0.635. The smallest absolute Gasteiger partial charge is 0.175 e. The summed E-state index contributed by atoms with van der Waals surface area (Å²) in [7, 11) is -3.13. The van der Waals surface area contributed by atoms with Gasteiger partial charge in [0.05, 0.1) is 10.4 Å². The third-order valence-corrected chi connectivity index (χ3v) is 5.15. The lowest BCUT2D eigenvalue weighted by atomic mass is 10.2. The SMILES string of the molecule is CS(=O)(=O)c1ccc(CNc2snc3ccccc23)cc1. The molecule has 3 aromatic rings. The molecule has 0 fully saturated rings. The zero-order valence-electron chi connectivity index (χ0n) is 11.4. The number of fused-ring (bicyclic) bond motifs is 1. The molecule has 6 heteroatoms. The van der Waals surface area contributed by atoms with E-state index in [4.69, 9.17) is 0 Å². The van der Waals surface area contributed by atoms with E-state index in [0.29, 0.717) is 11.4 Å². The van der Waals surface area contributed by atoms with E-state index in [9.17, 15) is 8.42 Å². The number of hydrogen-bond donors (Lipinski definition) is 1. The predicted octanol–water partition coefficient (Wildman–Crippen LogP) is 3.31. The summed E-state index contributed by atoms with van der Waals surface area (Å²) in [5.74, 6) is 0. The number of nitrogens with one attached hydrogen (secondary N) is 1. The van der Waals surface area contributed by atoms with Crippen molar-refractivity contribution in [3.05, 3.63) is 54.1 Å². The Bertz CT molecular complexity index is 868. The minimum absolute atomic E-state index is 0.342. The van der Waals surface area contributed by atoms with Gasteiger partial charge in [0.1, 0.15) is 5.00 Å². The number of rotatable bonds is 4. The molecule has 0 aliphatic rings. The Balaban J connectivity index is 1.76. The number of anilines is 1. The van der Waals surface area contributed by atoms with E-state index < -0.39 is 9.84 Å². The topological polar surface area (TPSA) is 59.1 Å². The Labute approximate surface area is 127 Å². The molecular weight excluding hydrogens is 304 g/mol. The summed E-state index contributed by atoms with van der Waals surface area (Å²) in [6.07, 6.45) is 1.21. The number of aromatic nitrogens is 1. The Kier molecular flexibility index (Phi) is 3.65. The highest BCUT2D eigenvalue weighted by Gasteiger charge is 2.07. The third kappa shape index (κ3) is 3.06. The van der Waals surface area contributed by atoms with Gasteiger partial charge in [-0.1, -0.05) is 24.3 Å². The Hall–Kier alpha value is -1.92. The molecule has 0 aliphatic heterocycles. The summed E-state index contributed by atoms with van der Waals surface area (Å²) < 4.78 is 27.2. The first kappa shape index (κ1) is 14.0. The van der Waals surface area contributed by atoms with Crippen LogP contribution in [0.25, 0.3) is 10.9 Å². The standard InChI is InChI=1S/C15H14N2O2S2/c1-21(18,19)12-8-6-11(7-9-12)10-16-15-13-4-2-3-5-14(13)17-20-15/h2-9,16H,10H2,1H3. The van der Waals surface area contributed by atoms with Crippen LogP contribution in [0.2, 0.25) is 0 Å². The van der Waals surface area contributed by atoms with Gasteiger partial charge in [0, 0.05) is 18.2 Å². The third-order valence-electron chi connectivity index (χ3n) is 3.19. The van der Waals surface area contributed by atoms with Crippen LogP contribution in [0.4, 0.5) is 5.00 Å².